The maximum Gasteiger partial charge on any atom is 0.326 e. The lowest BCUT2D eigenvalue weighted by atomic mass is 10.0. The lowest BCUT2D eigenvalue weighted by Gasteiger charge is -2.33. The second-order valence-electron chi connectivity index (χ2n) is 3.89. The normalized spacial score (nSPS) is 20.8. The van der Waals surface area contributed by atoms with Crippen LogP contribution >= 0.6 is 0 Å². The third-order valence-electron chi connectivity index (χ3n) is 2.83. The van der Waals surface area contributed by atoms with Crippen LogP contribution in [0.1, 0.15) is 19.3 Å². The molecule has 1 saturated heterocycles. The Morgan fingerprint density at radius 2 is 2.31 bits per heavy atom. The Bertz CT molecular complexity index is 395. The van der Waals surface area contributed by atoms with Crippen LogP contribution in [0.4, 0.5) is 5.82 Å². The van der Waals surface area contributed by atoms with Crippen molar-refractivity contribution in [1.29, 1.82) is 0 Å². The van der Waals surface area contributed by atoms with E-state index in [2.05, 4.69) is 4.98 Å². The first kappa shape index (κ1) is 10.7. The third-order valence-corrected chi connectivity index (χ3v) is 2.83. The fraction of sp³-hybridized carbons (Fsp3) is 0.455. The molecule has 0 unspecified atom stereocenters. The molecule has 0 aromatic carbocycles. The number of aliphatic carboxylic acids is 1. The van der Waals surface area contributed by atoms with E-state index >= 15 is 0 Å². The molecular formula is C11H14N2O3. The maximum absolute atomic E-state index is 11.1. The van der Waals surface area contributed by atoms with E-state index in [9.17, 15) is 9.90 Å². The van der Waals surface area contributed by atoms with Gasteiger partial charge in [0.2, 0.25) is 0 Å². The van der Waals surface area contributed by atoms with Crippen molar-refractivity contribution in [1.82, 2.24) is 4.98 Å². The van der Waals surface area contributed by atoms with Gasteiger partial charge in [-0.15, -0.1) is 0 Å². The number of aromatic nitrogens is 1. The van der Waals surface area contributed by atoms with E-state index < -0.39 is 12.0 Å². The highest BCUT2D eigenvalue weighted by molar-refractivity contribution is 5.78. The average Bonchev–Trinajstić information content (AvgIpc) is 2.29. The predicted octanol–water partition coefficient (Wildman–Crippen LogP) is 1.23. The smallest absolute Gasteiger partial charge is 0.326 e. The van der Waals surface area contributed by atoms with E-state index in [1.54, 1.807) is 17.2 Å². The van der Waals surface area contributed by atoms with Gasteiger partial charge in [0.05, 0.1) is 0 Å². The van der Waals surface area contributed by atoms with Gasteiger partial charge in [-0.1, -0.05) is 0 Å². The fourth-order valence-electron chi connectivity index (χ4n) is 2.05. The molecule has 2 rings (SSSR count). The van der Waals surface area contributed by atoms with Gasteiger partial charge in [-0.2, -0.15) is 0 Å². The third kappa shape index (κ3) is 1.93. The fourth-order valence-corrected chi connectivity index (χ4v) is 2.05. The Morgan fingerprint density at radius 3 is 3.00 bits per heavy atom. The van der Waals surface area contributed by atoms with Crippen LogP contribution in [-0.2, 0) is 4.79 Å². The van der Waals surface area contributed by atoms with Crippen molar-refractivity contribution in [3.05, 3.63) is 18.3 Å². The summed E-state index contributed by atoms with van der Waals surface area (Å²) >= 11 is 0. The molecule has 1 fully saturated rings. The number of anilines is 1. The minimum Gasteiger partial charge on any atom is -0.504 e. The Hall–Kier alpha value is -1.78. The molecule has 0 bridgehead atoms. The first-order chi connectivity index (χ1) is 7.70. The van der Waals surface area contributed by atoms with Crippen LogP contribution in [0.3, 0.4) is 0 Å². The van der Waals surface area contributed by atoms with Crippen LogP contribution in [-0.4, -0.2) is 33.8 Å². The summed E-state index contributed by atoms with van der Waals surface area (Å²) in [4.78, 5) is 16.8. The molecule has 1 aliphatic rings. The minimum absolute atomic E-state index is 0.0376. The SMILES string of the molecule is O=C(O)[C@@H]1CCCCN1c1ncccc1O. The van der Waals surface area contributed by atoms with Crippen LogP contribution in [0, 0.1) is 0 Å². The molecule has 0 amide bonds. The number of aromatic hydroxyl groups is 1. The number of carboxylic acids is 1. The highest BCUT2D eigenvalue weighted by Gasteiger charge is 2.30. The molecule has 1 aromatic rings. The highest BCUT2D eigenvalue weighted by Crippen LogP contribution is 2.29. The molecule has 2 heterocycles. The standard InChI is InChI=1S/C11H14N2O3/c14-9-5-3-6-12-10(9)13-7-2-1-4-8(13)11(15)16/h3,5-6,8,14H,1-2,4,7H2,(H,15,16)/t8-/m0/s1. The van der Waals surface area contributed by atoms with E-state index in [4.69, 9.17) is 5.11 Å². The van der Waals surface area contributed by atoms with Crippen molar-refractivity contribution in [3.8, 4) is 5.75 Å². The zero-order valence-corrected chi connectivity index (χ0v) is 8.83. The second kappa shape index (κ2) is 4.38. The zero-order valence-electron chi connectivity index (χ0n) is 8.83. The molecule has 2 N–H and O–H groups in total. The van der Waals surface area contributed by atoms with Gasteiger partial charge in [-0.05, 0) is 31.4 Å². The van der Waals surface area contributed by atoms with Crippen LogP contribution in [0.5, 0.6) is 5.75 Å². The largest absolute Gasteiger partial charge is 0.504 e. The molecular weight excluding hydrogens is 208 g/mol. The molecule has 5 nitrogen and oxygen atoms in total. The van der Waals surface area contributed by atoms with E-state index in [1.165, 1.54) is 6.07 Å². The van der Waals surface area contributed by atoms with E-state index in [0.717, 1.165) is 12.8 Å². The van der Waals surface area contributed by atoms with Gasteiger partial charge in [0, 0.05) is 12.7 Å². The van der Waals surface area contributed by atoms with Gasteiger partial charge in [0.25, 0.3) is 0 Å². The number of hydrogen-bond donors (Lipinski definition) is 2. The summed E-state index contributed by atoms with van der Waals surface area (Å²) < 4.78 is 0. The summed E-state index contributed by atoms with van der Waals surface area (Å²) in [6.45, 7) is 0.627. The van der Waals surface area contributed by atoms with E-state index in [0.29, 0.717) is 18.8 Å². The molecule has 0 spiro atoms. The van der Waals surface area contributed by atoms with Crippen molar-refractivity contribution in [2.24, 2.45) is 0 Å². The lowest BCUT2D eigenvalue weighted by Crippen LogP contribution is -2.45. The average molecular weight is 222 g/mol. The van der Waals surface area contributed by atoms with E-state index in [-0.39, 0.29) is 5.75 Å². The lowest BCUT2D eigenvalue weighted by molar-refractivity contribution is -0.139. The Labute approximate surface area is 93.3 Å². The number of piperidine rings is 1. The Kier molecular flexibility index (Phi) is 2.94. The topological polar surface area (TPSA) is 73.7 Å². The highest BCUT2D eigenvalue weighted by atomic mass is 16.4. The quantitative estimate of drug-likeness (QED) is 0.787. The van der Waals surface area contributed by atoms with Crippen molar-refractivity contribution < 1.29 is 15.0 Å². The monoisotopic (exact) mass is 222 g/mol. The minimum atomic E-state index is -0.857. The summed E-state index contributed by atoms with van der Waals surface area (Å²) in [6, 6.07) is 2.57. The summed E-state index contributed by atoms with van der Waals surface area (Å²) in [5.74, 6) is -0.449. The summed E-state index contributed by atoms with van der Waals surface area (Å²) in [7, 11) is 0. The number of pyridine rings is 1. The Morgan fingerprint density at radius 1 is 1.50 bits per heavy atom. The van der Waals surface area contributed by atoms with Crippen molar-refractivity contribution in [2.45, 2.75) is 25.3 Å². The van der Waals surface area contributed by atoms with Crippen LogP contribution in [0.2, 0.25) is 0 Å². The Balaban J connectivity index is 2.30. The molecule has 1 aromatic heterocycles. The molecule has 86 valence electrons. The van der Waals surface area contributed by atoms with Gasteiger partial charge in [0.15, 0.2) is 11.6 Å². The number of carbonyl (C=O) groups is 1. The molecule has 0 radical (unpaired) electrons. The maximum atomic E-state index is 11.1. The number of hydrogen-bond acceptors (Lipinski definition) is 4. The summed E-state index contributed by atoms with van der Waals surface area (Å²) in [5, 5.41) is 18.8. The molecule has 5 heteroatoms. The van der Waals surface area contributed by atoms with Crippen molar-refractivity contribution in [2.75, 3.05) is 11.4 Å². The van der Waals surface area contributed by atoms with Crippen LogP contribution in [0.15, 0.2) is 18.3 Å². The summed E-state index contributed by atoms with van der Waals surface area (Å²) in [5.41, 5.74) is 0. The van der Waals surface area contributed by atoms with Crippen molar-refractivity contribution >= 4 is 11.8 Å². The number of rotatable bonds is 2. The van der Waals surface area contributed by atoms with Gasteiger partial charge in [-0.3, -0.25) is 0 Å². The molecule has 0 saturated carbocycles. The number of carboxylic acid groups (broad SMARTS) is 1. The van der Waals surface area contributed by atoms with Gasteiger partial charge >= 0.3 is 5.97 Å². The predicted molar refractivity (Wildman–Crippen MR) is 58.5 cm³/mol. The molecule has 1 atom stereocenters. The first-order valence-corrected chi connectivity index (χ1v) is 5.33. The molecule has 0 aliphatic carbocycles. The number of nitrogens with zero attached hydrogens (tertiary/aromatic N) is 2. The van der Waals surface area contributed by atoms with Gasteiger partial charge < -0.3 is 15.1 Å². The van der Waals surface area contributed by atoms with Crippen LogP contribution in [0.25, 0.3) is 0 Å². The molecule has 1 aliphatic heterocycles. The van der Waals surface area contributed by atoms with Gasteiger partial charge in [0.1, 0.15) is 6.04 Å². The summed E-state index contributed by atoms with van der Waals surface area (Å²) in [6.07, 6.45) is 3.99. The molecule has 16 heavy (non-hydrogen) atoms. The van der Waals surface area contributed by atoms with Crippen molar-refractivity contribution in [3.63, 3.8) is 0 Å². The van der Waals surface area contributed by atoms with Crippen LogP contribution < -0.4 is 4.90 Å². The zero-order chi connectivity index (χ0) is 11.5. The second-order valence-corrected chi connectivity index (χ2v) is 3.89. The first-order valence-electron chi connectivity index (χ1n) is 5.33. The van der Waals surface area contributed by atoms with Gasteiger partial charge in [-0.25, -0.2) is 9.78 Å². The van der Waals surface area contributed by atoms with E-state index in [1.807, 2.05) is 0 Å².